The molecule has 3 rings (SSSR count). The number of amides is 1. The van der Waals surface area contributed by atoms with Gasteiger partial charge in [-0.05, 0) is 76.0 Å². The number of pyridine rings is 1. The molecule has 0 bridgehead atoms. The molecule has 1 fully saturated rings. The molecular weight excluding hydrogens is 408 g/mol. The third kappa shape index (κ3) is 6.34. The number of fused-ring (bicyclic) bond motifs is 1. The van der Waals surface area contributed by atoms with Crippen molar-refractivity contribution in [3.63, 3.8) is 0 Å². The molecule has 1 amide bonds. The van der Waals surface area contributed by atoms with E-state index in [0.717, 1.165) is 42.3 Å². The molecule has 1 aliphatic rings. The SMILES string of the molecule is COc1cnc2cccc(CCC[C@@H]3CCN(C(=O)OC(C)(C)C)C[C@@H]3CC(=O)O)c2c1. The predicted molar refractivity (Wildman–Crippen MR) is 123 cm³/mol. The van der Waals surface area contributed by atoms with Gasteiger partial charge in [-0.3, -0.25) is 9.78 Å². The maximum Gasteiger partial charge on any atom is 0.410 e. The molecular formula is C25H34N2O5. The van der Waals surface area contributed by atoms with Gasteiger partial charge < -0.3 is 19.5 Å². The number of hydrogen-bond acceptors (Lipinski definition) is 5. The molecule has 1 aliphatic heterocycles. The van der Waals surface area contributed by atoms with E-state index in [1.54, 1.807) is 18.2 Å². The number of piperidine rings is 1. The van der Waals surface area contributed by atoms with Gasteiger partial charge in [0.1, 0.15) is 11.4 Å². The molecule has 1 saturated heterocycles. The minimum Gasteiger partial charge on any atom is -0.495 e. The summed E-state index contributed by atoms with van der Waals surface area (Å²) in [5.41, 5.74) is 1.60. The van der Waals surface area contributed by atoms with E-state index in [1.165, 1.54) is 5.56 Å². The Morgan fingerprint density at radius 3 is 2.72 bits per heavy atom. The van der Waals surface area contributed by atoms with Crippen molar-refractivity contribution in [2.45, 2.75) is 58.5 Å². The summed E-state index contributed by atoms with van der Waals surface area (Å²) >= 11 is 0. The van der Waals surface area contributed by atoms with E-state index in [0.29, 0.717) is 13.1 Å². The first-order valence-corrected chi connectivity index (χ1v) is 11.3. The lowest BCUT2D eigenvalue weighted by Gasteiger charge is -2.38. The summed E-state index contributed by atoms with van der Waals surface area (Å²) in [7, 11) is 1.64. The third-order valence-corrected chi connectivity index (χ3v) is 6.03. The van der Waals surface area contributed by atoms with Crippen LogP contribution in [0.3, 0.4) is 0 Å². The lowest BCUT2D eigenvalue weighted by molar-refractivity contribution is -0.139. The van der Waals surface area contributed by atoms with Crippen molar-refractivity contribution in [1.29, 1.82) is 0 Å². The Morgan fingerprint density at radius 1 is 1.25 bits per heavy atom. The van der Waals surface area contributed by atoms with Crippen LogP contribution in [0.25, 0.3) is 10.9 Å². The number of carboxylic acids is 1. The average molecular weight is 443 g/mol. The zero-order chi connectivity index (χ0) is 23.3. The van der Waals surface area contributed by atoms with E-state index >= 15 is 0 Å². The molecule has 2 atom stereocenters. The van der Waals surface area contributed by atoms with Gasteiger partial charge in [0.2, 0.25) is 0 Å². The Balaban J connectivity index is 1.63. The van der Waals surface area contributed by atoms with Crippen molar-refractivity contribution >= 4 is 23.0 Å². The van der Waals surface area contributed by atoms with Crippen LogP contribution in [0.5, 0.6) is 5.75 Å². The normalized spacial score (nSPS) is 19.1. The summed E-state index contributed by atoms with van der Waals surface area (Å²) in [5, 5.41) is 10.5. The van der Waals surface area contributed by atoms with Gasteiger partial charge in [-0.25, -0.2) is 4.79 Å². The summed E-state index contributed by atoms with van der Waals surface area (Å²) in [6.07, 6.45) is 4.99. The van der Waals surface area contributed by atoms with Gasteiger partial charge in [-0.15, -0.1) is 0 Å². The molecule has 32 heavy (non-hydrogen) atoms. The molecule has 2 aromatic rings. The quantitative estimate of drug-likeness (QED) is 0.655. The first-order valence-electron chi connectivity index (χ1n) is 11.3. The highest BCUT2D eigenvalue weighted by Gasteiger charge is 2.34. The molecule has 1 aromatic carbocycles. The molecule has 0 radical (unpaired) electrons. The van der Waals surface area contributed by atoms with Crippen LogP contribution in [0.4, 0.5) is 4.79 Å². The minimum atomic E-state index is -0.821. The average Bonchev–Trinajstić information content (AvgIpc) is 2.72. The number of methoxy groups -OCH3 is 1. The number of nitrogens with zero attached hydrogens (tertiary/aromatic N) is 2. The third-order valence-electron chi connectivity index (χ3n) is 6.03. The number of carbonyl (C=O) groups is 2. The Bertz CT molecular complexity index is 953. The molecule has 0 saturated carbocycles. The summed E-state index contributed by atoms with van der Waals surface area (Å²) in [4.78, 5) is 30.1. The van der Waals surface area contributed by atoms with Crippen LogP contribution in [0.2, 0.25) is 0 Å². The Hall–Kier alpha value is -2.83. The van der Waals surface area contributed by atoms with Gasteiger partial charge in [0.05, 0.1) is 25.2 Å². The number of carboxylic acid groups (broad SMARTS) is 1. The van der Waals surface area contributed by atoms with Gasteiger partial charge in [0.15, 0.2) is 0 Å². The lowest BCUT2D eigenvalue weighted by atomic mass is 9.80. The molecule has 7 nitrogen and oxygen atoms in total. The van der Waals surface area contributed by atoms with Crippen LogP contribution >= 0.6 is 0 Å². The Morgan fingerprint density at radius 2 is 2.03 bits per heavy atom. The second-order valence-corrected chi connectivity index (χ2v) is 9.58. The summed E-state index contributed by atoms with van der Waals surface area (Å²) in [6, 6.07) is 8.14. The maximum atomic E-state index is 12.5. The fourth-order valence-electron chi connectivity index (χ4n) is 4.48. The van der Waals surface area contributed by atoms with Crippen LogP contribution < -0.4 is 4.74 Å². The molecule has 0 unspecified atom stereocenters. The number of ether oxygens (including phenoxy) is 2. The largest absolute Gasteiger partial charge is 0.495 e. The van der Waals surface area contributed by atoms with Crippen molar-refractivity contribution in [1.82, 2.24) is 9.88 Å². The topological polar surface area (TPSA) is 89.0 Å². The highest BCUT2D eigenvalue weighted by Crippen LogP contribution is 2.32. The van der Waals surface area contributed by atoms with Gasteiger partial charge in [-0.1, -0.05) is 12.1 Å². The number of carbonyl (C=O) groups excluding carboxylic acids is 1. The van der Waals surface area contributed by atoms with E-state index in [4.69, 9.17) is 9.47 Å². The number of rotatable bonds is 7. The second kappa shape index (κ2) is 10.2. The smallest absolute Gasteiger partial charge is 0.410 e. The minimum absolute atomic E-state index is 0.0666. The first kappa shape index (κ1) is 23.8. The van der Waals surface area contributed by atoms with Gasteiger partial charge in [0.25, 0.3) is 0 Å². The summed E-state index contributed by atoms with van der Waals surface area (Å²) in [5.74, 6) is 0.120. The van der Waals surface area contributed by atoms with Crippen LogP contribution in [0.1, 0.15) is 52.0 Å². The van der Waals surface area contributed by atoms with E-state index in [2.05, 4.69) is 11.1 Å². The number of benzene rings is 1. The van der Waals surface area contributed by atoms with E-state index in [1.807, 2.05) is 39.0 Å². The molecule has 1 N–H and O–H groups in total. The highest BCUT2D eigenvalue weighted by atomic mass is 16.6. The van der Waals surface area contributed by atoms with E-state index in [-0.39, 0.29) is 24.3 Å². The highest BCUT2D eigenvalue weighted by molar-refractivity contribution is 5.83. The maximum absolute atomic E-state index is 12.5. The second-order valence-electron chi connectivity index (χ2n) is 9.58. The summed E-state index contributed by atoms with van der Waals surface area (Å²) < 4.78 is 10.8. The van der Waals surface area contributed by atoms with Crippen molar-refractivity contribution < 1.29 is 24.2 Å². The lowest BCUT2D eigenvalue weighted by Crippen LogP contribution is -2.46. The van der Waals surface area contributed by atoms with Crippen molar-refractivity contribution in [2.24, 2.45) is 11.8 Å². The van der Waals surface area contributed by atoms with Crippen LogP contribution in [0, 0.1) is 11.8 Å². The molecule has 7 heteroatoms. The van der Waals surface area contributed by atoms with Crippen molar-refractivity contribution in [3.8, 4) is 5.75 Å². The number of likely N-dealkylation sites (tertiary alicyclic amines) is 1. The fourth-order valence-corrected chi connectivity index (χ4v) is 4.48. The summed E-state index contributed by atoms with van der Waals surface area (Å²) in [6.45, 7) is 6.55. The molecule has 1 aromatic heterocycles. The number of hydrogen-bond donors (Lipinski definition) is 1. The molecule has 2 heterocycles. The standard InChI is InChI=1S/C25H34N2O5/c1-25(2,3)32-24(30)27-12-11-17(19(16-27)13-23(28)29)7-5-8-18-9-6-10-22-21(18)14-20(31-4)15-26-22/h6,9-10,14-15,17,19H,5,7-8,11-13,16H2,1-4H3,(H,28,29)/t17-,19+/m1/s1. The van der Waals surface area contributed by atoms with E-state index < -0.39 is 11.6 Å². The number of aryl methyl sites for hydroxylation is 1. The zero-order valence-corrected chi connectivity index (χ0v) is 19.5. The van der Waals surface area contributed by atoms with Crippen LogP contribution in [-0.4, -0.2) is 52.9 Å². The van der Waals surface area contributed by atoms with Crippen molar-refractivity contribution in [3.05, 3.63) is 36.0 Å². The van der Waals surface area contributed by atoms with Gasteiger partial charge >= 0.3 is 12.1 Å². The molecule has 0 spiro atoms. The zero-order valence-electron chi connectivity index (χ0n) is 19.5. The van der Waals surface area contributed by atoms with Crippen LogP contribution in [0.15, 0.2) is 30.5 Å². The number of aromatic nitrogens is 1. The Labute approximate surface area is 189 Å². The first-order chi connectivity index (χ1) is 15.2. The predicted octanol–water partition coefficient (Wildman–Crippen LogP) is 4.91. The molecule has 0 aliphatic carbocycles. The monoisotopic (exact) mass is 442 g/mol. The Kier molecular flexibility index (Phi) is 7.59. The van der Waals surface area contributed by atoms with E-state index in [9.17, 15) is 14.7 Å². The fraction of sp³-hybridized carbons (Fsp3) is 0.560. The van der Waals surface area contributed by atoms with Crippen molar-refractivity contribution in [2.75, 3.05) is 20.2 Å². The van der Waals surface area contributed by atoms with Crippen LogP contribution in [-0.2, 0) is 16.0 Å². The van der Waals surface area contributed by atoms with Gasteiger partial charge in [-0.2, -0.15) is 0 Å². The van der Waals surface area contributed by atoms with Gasteiger partial charge in [0, 0.05) is 18.5 Å². The molecule has 174 valence electrons. The number of aliphatic carboxylic acids is 1.